The molecule has 0 aromatic heterocycles. The summed E-state index contributed by atoms with van der Waals surface area (Å²) in [5.74, 6) is 2.44. The lowest BCUT2D eigenvalue weighted by Crippen LogP contribution is -2.43. The van der Waals surface area contributed by atoms with E-state index >= 15 is 0 Å². The Kier molecular flexibility index (Phi) is 5.13. The number of likely N-dealkylation sites (tertiary alicyclic amines) is 1. The van der Waals surface area contributed by atoms with Gasteiger partial charge in [-0.2, -0.15) is 11.8 Å². The van der Waals surface area contributed by atoms with Crippen LogP contribution >= 0.6 is 11.8 Å². The number of amides is 1. The third-order valence-electron chi connectivity index (χ3n) is 3.64. The highest BCUT2D eigenvalue weighted by molar-refractivity contribution is 7.99. The predicted molar refractivity (Wildman–Crippen MR) is 72.4 cm³/mol. The van der Waals surface area contributed by atoms with Gasteiger partial charge in [-0.15, -0.1) is 0 Å². The summed E-state index contributed by atoms with van der Waals surface area (Å²) in [5.41, 5.74) is 0. The molecule has 0 aromatic rings. The van der Waals surface area contributed by atoms with E-state index in [0.29, 0.717) is 18.5 Å². The Balaban J connectivity index is 1.63. The molecule has 2 saturated heterocycles. The highest BCUT2D eigenvalue weighted by Crippen LogP contribution is 2.14. The molecule has 0 radical (unpaired) electrons. The SMILES string of the molecule is CN1CCCC1CNC(=O)CC1CSCCN1. The number of thioether (sulfide) groups is 1. The number of hydrogen-bond acceptors (Lipinski definition) is 4. The molecule has 17 heavy (non-hydrogen) atoms. The summed E-state index contributed by atoms with van der Waals surface area (Å²) in [4.78, 5) is 14.1. The molecular weight excluding hydrogens is 234 g/mol. The largest absolute Gasteiger partial charge is 0.354 e. The highest BCUT2D eigenvalue weighted by atomic mass is 32.2. The van der Waals surface area contributed by atoms with E-state index in [-0.39, 0.29) is 5.91 Å². The van der Waals surface area contributed by atoms with E-state index in [4.69, 9.17) is 0 Å². The Morgan fingerprint density at radius 1 is 1.59 bits per heavy atom. The van der Waals surface area contributed by atoms with Crippen LogP contribution in [0.3, 0.4) is 0 Å². The molecule has 2 N–H and O–H groups in total. The minimum absolute atomic E-state index is 0.199. The van der Waals surface area contributed by atoms with Gasteiger partial charge in [0.15, 0.2) is 0 Å². The minimum Gasteiger partial charge on any atom is -0.354 e. The number of rotatable bonds is 4. The normalized spacial score (nSPS) is 30.4. The van der Waals surface area contributed by atoms with E-state index < -0.39 is 0 Å². The first kappa shape index (κ1) is 13.2. The zero-order valence-corrected chi connectivity index (χ0v) is 11.4. The molecule has 2 fully saturated rings. The molecule has 2 heterocycles. The molecule has 98 valence electrons. The third-order valence-corrected chi connectivity index (χ3v) is 4.77. The first-order valence-electron chi connectivity index (χ1n) is 6.54. The second kappa shape index (κ2) is 6.61. The van der Waals surface area contributed by atoms with Gasteiger partial charge in [0.1, 0.15) is 0 Å². The van der Waals surface area contributed by atoms with Gasteiger partial charge in [-0.3, -0.25) is 4.79 Å². The van der Waals surface area contributed by atoms with Crippen molar-refractivity contribution in [3.05, 3.63) is 0 Å². The molecule has 5 heteroatoms. The number of carbonyl (C=O) groups is 1. The van der Waals surface area contributed by atoms with Crippen LogP contribution in [0.15, 0.2) is 0 Å². The van der Waals surface area contributed by atoms with E-state index in [2.05, 4.69) is 22.6 Å². The van der Waals surface area contributed by atoms with Crippen molar-refractivity contribution in [2.45, 2.75) is 31.3 Å². The molecule has 0 saturated carbocycles. The lowest BCUT2D eigenvalue weighted by atomic mass is 10.2. The first-order valence-corrected chi connectivity index (χ1v) is 7.69. The summed E-state index contributed by atoms with van der Waals surface area (Å²) in [6.07, 6.45) is 3.11. The maximum Gasteiger partial charge on any atom is 0.221 e. The van der Waals surface area contributed by atoms with Crippen LogP contribution in [0.1, 0.15) is 19.3 Å². The summed E-state index contributed by atoms with van der Waals surface area (Å²) < 4.78 is 0. The van der Waals surface area contributed by atoms with Crippen molar-refractivity contribution < 1.29 is 4.79 Å². The topological polar surface area (TPSA) is 44.4 Å². The second-order valence-corrected chi connectivity index (χ2v) is 6.16. The van der Waals surface area contributed by atoms with Gasteiger partial charge in [0, 0.05) is 43.1 Å². The van der Waals surface area contributed by atoms with Crippen LogP contribution in [0, 0.1) is 0 Å². The maximum atomic E-state index is 11.8. The standard InChI is InChI=1S/C12H23N3OS/c1-15-5-2-3-11(15)8-14-12(16)7-10-9-17-6-4-13-10/h10-11,13H,2-9H2,1H3,(H,14,16). The van der Waals surface area contributed by atoms with Crippen LogP contribution in [0.2, 0.25) is 0 Å². The molecule has 4 nitrogen and oxygen atoms in total. The van der Waals surface area contributed by atoms with Gasteiger partial charge in [-0.25, -0.2) is 0 Å². The lowest BCUT2D eigenvalue weighted by molar-refractivity contribution is -0.121. The fraction of sp³-hybridized carbons (Fsp3) is 0.917. The summed E-state index contributed by atoms with van der Waals surface area (Å²) in [5, 5.41) is 6.47. The molecule has 2 unspecified atom stereocenters. The minimum atomic E-state index is 0.199. The maximum absolute atomic E-state index is 11.8. The van der Waals surface area contributed by atoms with Crippen LogP contribution in [-0.2, 0) is 4.79 Å². The fourth-order valence-corrected chi connectivity index (χ4v) is 3.46. The van der Waals surface area contributed by atoms with Gasteiger partial charge in [-0.1, -0.05) is 0 Å². The van der Waals surface area contributed by atoms with Crippen LogP contribution in [-0.4, -0.2) is 61.1 Å². The second-order valence-electron chi connectivity index (χ2n) is 5.01. The molecule has 0 spiro atoms. The van der Waals surface area contributed by atoms with Crippen LogP contribution in [0.25, 0.3) is 0 Å². The number of nitrogens with zero attached hydrogens (tertiary/aromatic N) is 1. The van der Waals surface area contributed by atoms with Crippen molar-refractivity contribution >= 4 is 17.7 Å². The van der Waals surface area contributed by atoms with E-state index in [1.807, 2.05) is 11.8 Å². The van der Waals surface area contributed by atoms with Gasteiger partial charge in [-0.05, 0) is 26.4 Å². The molecule has 0 aromatic carbocycles. The van der Waals surface area contributed by atoms with Crippen molar-refractivity contribution in [1.82, 2.24) is 15.5 Å². The van der Waals surface area contributed by atoms with E-state index in [1.165, 1.54) is 25.1 Å². The zero-order chi connectivity index (χ0) is 12.1. The van der Waals surface area contributed by atoms with Crippen molar-refractivity contribution in [2.24, 2.45) is 0 Å². The Morgan fingerprint density at radius 3 is 3.12 bits per heavy atom. The lowest BCUT2D eigenvalue weighted by Gasteiger charge is -2.24. The monoisotopic (exact) mass is 257 g/mol. The summed E-state index contributed by atoms with van der Waals surface area (Å²) in [6, 6.07) is 0.919. The van der Waals surface area contributed by atoms with Gasteiger partial charge in [0.2, 0.25) is 5.91 Å². The van der Waals surface area contributed by atoms with Gasteiger partial charge in [0.05, 0.1) is 0 Å². The van der Waals surface area contributed by atoms with Gasteiger partial charge < -0.3 is 15.5 Å². The molecule has 1 amide bonds. The van der Waals surface area contributed by atoms with Crippen LogP contribution in [0.5, 0.6) is 0 Å². The van der Waals surface area contributed by atoms with E-state index in [9.17, 15) is 4.79 Å². The van der Waals surface area contributed by atoms with Crippen molar-refractivity contribution in [3.8, 4) is 0 Å². The molecule has 0 aliphatic carbocycles. The van der Waals surface area contributed by atoms with E-state index in [1.54, 1.807) is 0 Å². The summed E-state index contributed by atoms with van der Waals surface area (Å²) >= 11 is 1.94. The third kappa shape index (κ3) is 4.16. The summed E-state index contributed by atoms with van der Waals surface area (Å²) in [6.45, 7) is 3.02. The quantitative estimate of drug-likeness (QED) is 0.760. The molecule has 2 aliphatic heterocycles. The van der Waals surface area contributed by atoms with Crippen molar-refractivity contribution in [2.75, 3.05) is 38.2 Å². The van der Waals surface area contributed by atoms with Crippen molar-refractivity contribution in [1.29, 1.82) is 0 Å². The molecule has 2 aliphatic rings. The van der Waals surface area contributed by atoms with Crippen molar-refractivity contribution in [3.63, 3.8) is 0 Å². The average molecular weight is 257 g/mol. The molecule has 2 atom stereocenters. The number of hydrogen-bond donors (Lipinski definition) is 2. The number of nitrogens with one attached hydrogen (secondary N) is 2. The zero-order valence-electron chi connectivity index (χ0n) is 10.6. The Hall–Kier alpha value is -0.260. The fourth-order valence-electron chi connectivity index (χ4n) is 2.52. The Labute approximate surface area is 108 Å². The average Bonchev–Trinajstić information content (AvgIpc) is 2.74. The molecular formula is C12H23N3OS. The Bertz CT molecular complexity index is 256. The van der Waals surface area contributed by atoms with Crippen LogP contribution < -0.4 is 10.6 Å². The number of carbonyl (C=O) groups excluding carboxylic acids is 1. The molecule has 0 bridgehead atoms. The summed E-state index contributed by atoms with van der Waals surface area (Å²) in [7, 11) is 2.14. The van der Waals surface area contributed by atoms with E-state index in [0.717, 1.165) is 18.8 Å². The Morgan fingerprint density at radius 2 is 2.47 bits per heavy atom. The first-order chi connectivity index (χ1) is 8.25. The van der Waals surface area contributed by atoms with Crippen LogP contribution in [0.4, 0.5) is 0 Å². The highest BCUT2D eigenvalue weighted by Gasteiger charge is 2.22. The predicted octanol–water partition coefficient (Wildman–Crippen LogP) is 0.292. The number of likely N-dealkylation sites (N-methyl/N-ethyl adjacent to an activating group) is 1. The molecule has 2 rings (SSSR count). The smallest absolute Gasteiger partial charge is 0.221 e. The van der Waals surface area contributed by atoms with Gasteiger partial charge >= 0.3 is 0 Å². The van der Waals surface area contributed by atoms with Gasteiger partial charge in [0.25, 0.3) is 0 Å².